The molecule has 0 radical (unpaired) electrons. The molecule has 168 valence electrons. The van der Waals surface area contributed by atoms with Gasteiger partial charge in [-0.05, 0) is 23.3 Å². The average Bonchev–Trinajstić information content (AvgIpc) is 2.83. The Kier molecular flexibility index (Phi) is 10.9. The highest BCUT2D eigenvalue weighted by Gasteiger charge is 2.31. The van der Waals surface area contributed by atoms with Crippen LogP contribution in [0.5, 0.6) is 0 Å². The first-order valence-corrected chi connectivity index (χ1v) is 10.6. The Morgan fingerprint density at radius 1 is 0.969 bits per heavy atom. The second-order valence-corrected chi connectivity index (χ2v) is 7.59. The van der Waals surface area contributed by atoms with E-state index in [1.165, 1.54) is 19.3 Å². The van der Waals surface area contributed by atoms with Gasteiger partial charge in [-0.2, -0.15) is 0 Å². The highest BCUT2D eigenvalue weighted by molar-refractivity contribution is 9.09. The molecule has 2 rings (SSSR count). The van der Waals surface area contributed by atoms with Crippen LogP contribution in [0.25, 0.3) is 12.2 Å². The first kappa shape index (κ1) is 25.0. The summed E-state index contributed by atoms with van der Waals surface area (Å²) in [5, 5.41) is 3.39. The molecule has 0 N–H and O–H groups in total. The summed E-state index contributed by atoms with van der Waals surface area (Å²) in [5.41, 5.74) is 1.62. The number of esters is 2. The van der Waals surface area contributed by atoms with Crippen LogP contribution in [0.2, 0.25) is 0 Å². The standard InChI is InChI=1S/C24H23BrFNO5/c1-30-27-16-21(26)24(32-23(29)15-13-19-10-6-3-7-11-19)20(25)17-31-22(28)14-12-18-8-4-2-5-9-18/h2-16,20-21,24H,17H2,1H3. The van der Waals surface area contributed by atoms with Crippen LogP contribution < -0.4 is 0 Å². The summed E-state index contributed by atoms with van der Waals surface area (Å²) in [6.45, 7) is -0.237. The summed E-state index contributed by atoms with van der Waals surface area (Å²) in [5.74, 6) is -1.37. The fourth-order valence-corrected chi connectivity index (χ4v) is 3.01. The molecular weight excluding hydrogens is 481 g/mol. The third-order valence-corrected chi connectivity index (χ3v) is 4.82. The molecule has 3 atom stereocenters. The van der Waals surface area contributed by atoms with Gasteiger partial charge in [-0.25, -0.2) is 14.0 Å². The van der Waals surface area contributed by atoms with Crippen LogP contribution in [0, 0.1) is 0 Å². The van der Waals surface area contributed by atoms with Gasteiger partial charge in [-0.1, -0.05) is 81.7 Å². The van der Waals surface area contributed by atoms with E-state index in [1.54, 1.807) is 24.3 Å². The smallest absolute Gasteiger partial charge is 0.331 e. The van der Waals surface area contributed by atoms with Gasteiger partial charge in [0.25, 0.3) is 0 Å². The van der Waals surface area contributed by atoms with Gasteiger partial charge in [0.2, 0.25) is 0 Å². The molecule has 0 aliphatic heterocycles. The fourth-order valence-electron chi connectivity index (χ4n) is 2.48. The number of alkyl halides is 2. The molecular formula is C24H23BrFNO5. The minimum atomic E-state index is -1.80. The highest BCUT2D eigenvalue weighted by Crippen LogP contribution is 2.17. The fraction of sp³-hybridized carbons (Fsp3) is 0.208. The molecule has 0 spiro atoms. The second kappa shape index (κ2) is 13.9. The zero-order valence-corrected chi connectivity index (χ0v) is 18.9. The van der Waals surface area contributed by atoms with Gasteiger partial charge in [-0.15, -0.1) is 0 Å². The van der Waals surface area contributed by atoms with Gasteiger partial charge in [0.15, 0.2) is 12.3 Å². The zero-order chi connectivity index (χ0) is 23.2. The van der Waals surface area contributed by atoms with Crippen LogP contribution in [-0.2, 0) is 23.9 Å². The first-order valence-electron chi connectivity index (χ1n) is 9.68. The van der Waals surface area contributed by atoms with E-state index in [9.17, 15) is 14.0 Å². The lowest BCUT2D eigenvalue weighted by atomic mass is 10.1. The lowest BCUT2D eigenvalue weighted by Gasteiger charge is -2.23. The Labute approximate surface area is 194 Å². The number of carbonyl (C=O) groups is 2. The molecule has 8 heteroatoms. The quantitative estimate of drug-likeness (QED) is 0.147. The van der Waals surface area contributed by atoms with Crippen molar-refractivity contribution in [3.8, 4) is 0 Å². The molecule has 0 heterocycles. The molecule has 0 aromatic heterocycles. The molecule has 3 unspecified atom stereocenters. The van der Waals surface area contributed by atoms with Crippen molar-refractivity contribution in [2.45, 2.75) is 17.1 Å². The minimum absolute atomic E-state index is 0.237. The number of halogens is 2. The average molecular weight is 504 g/mol. The Morgan fingerprint density at radius 3 is 2.03 bits per heavy atom. The largest absolute Gasteiger partial charge is 0.461 e. The van der Waals surface area contributed by atoms with Crippen LogP contribution in [0.4, 0.5) is 4.39 Å². The van der Waals surface area contributed by atoms with Crippen molar-refractivity contribution < 1.29 is 28.3 Å². The van der Waals surface area contributed by atoms with Crippen LogP contribution in [0.1, 0.15) is 11.1 Å². The molecule has 2 aromatic rings. The van der Waals surface area contributed by atoms with Crippen molar-refractivity contribution in [2.75, 3.05) is 13.7 Å². The van der Waals surface area contributed by atoms with E-state index >= 15 is 0 Å². The Morgan fingerprint density at radius 2 is 1.50 bits per heavy atom. The maximum Gasteiger partial charge on any atom is 0.331 e. The second-order valence-electron chi connectivity index (χ2n) is 6.42. The summed E-state index contributed by atoms with van der Waals surface area (Å²) in [6.07, 6.45) is 3.35. The van der Waals surface area contributed by atoms with Gasteiger partial charge in [0, 0.05) is 12.2 Å². The number of nitrogens with zero attached hydrogens (tertiary/aromatic N) is 1. The van der Waals surface area contributed by atoms with E-state index in [-0.39, 0.29) is 6.61 Å². The summed E-state index contributed by atoms with van der Waals surface area (Å²) < 4.78 is 25.0. The van der Waals surface area contributed by atoms with E-state index in [0.717, 1.165) is 17.3 Å². The number of benzene rings is 2. The summed E-state index contributed by atoms with van der Waals surface area (Å²) >= 11 is 3.24. The molecule has 0 fully saturated rings. The Hall–Kier alpha value is -3.26. The van der Waals surface area contributed by atoms with Gasteiger partial charge >= 0.3 is 11.9 Å². The molecule has 0 aliphatic rings. The molecule has 32 heavy (non-hydrogen) atoms. The van der Waals surface area contributed by atoms with Crippen molar-refractivity contribution in [1.29, 1.82) is 0 Å². The zero-order valence-electron chi connectivity index (χ0n) is 17.3. The van der Waals surface area contributed by atoms with E-state index in [2.05, 4.69) is 25.9 Å². The van der Waals surface area contributed by atoms with Crippen molar-refractivity contribution in [3.05, 3.63) is 83.9 Å². The van der Waals surface area contributed by atoms with Gasteiger partial charge in [0.05, 0.1) is 11.0 Å². The monoisotopic (exact) mass is 503 g/mol. The SMILES string of the molecule is CON=CC(F)C(OC(=O)C=Cc1ccccc1)C(Br)COC(=O)C=Cc1ccccc1. The molecule has 6 nitrogen and oxygen atoms in total. The molecule has 0 aliphatic carbocycles. The summed E-state index contributed by atoms with van der Waals surface area (Å²) in [7, 11) is 1.26. The summed E-state index contributed by atoms with van der Waals surface area (Å²) in [6, 6.07) is 18.3. The molecule has 0 bridgehead atoms. The van der Waals surface area contributed by atoms with Gasteiger partial charge < -0.3 is 14.3 Å². The van der Waals surface area contributed by atoms with E-state index in [1.807, 2.05) is 48.5 Å². The van der Waals surface area contributed by atoms with Gasteiger partial charge in [-0.3, -0.25) is 0 Å². The Balaban J connectivity index is 1.97. The maximum absolute atomic E-state index is 14.6. The number of carbonyl (C=O) groups excluding carboxylic acids is 2. The van der Waals surface area contributed by atoms with E-state index in [0.29, 0.717) is 0 Å². The van der Waals surface area contributed by atoms with Crippen molar-refractivity contribution in [3.63, 3.8) is 0 Å². The molecule has 0 amide bonds. The van der Waals surface area contributed by atoms with E-state index < -0.39 is 29.0 Å². The van der Waals surface area contributed by atoms with E-state index in [4.69, 9.17) is 9.47 Å². The van der Waals surface area contributed by atoms with Crippen LogP contribution >= 0.6 is 15.9 Å². The predicted molar refractivity (Wildman–Crippen MR) is 125 cm³/mol. The molecule has 0 saturated carbocycles. The number of oxime groups is 1. The lowest BCUT2D eigenvalue weighted by Crippen LogP contribution is -2.39. The molecule has 2 aromatic carbocycles. The van der Waals surface area contributed by atoms with Crippen molar-refractivity contribution in [1.82, 2.24) is 0 Å². The van der Waals surface area contributed by atoms with Crippen LogP contribution in [-0.4, -0.2) is 49.0 Å². The first-order chi connectivity index (χ1) is 15.5. The van der Waals surface area contributed by atoms with Crippen LogP contribution in [0.15, 0.2) is 78.0 Å². The number of hydrogen-bond donors (Lipinski definition) is 0. The third-order valence-electron chi connectivity index (χ3n) is 4.04. The highest BCUT2D eigenvalue weighted by atomic mass is 79.9. The maximum atomic E-state index is 14.6. The molecule has 0 saturated heterocycles. The van der Waals surface area contributed by atoms with Gasteiger partial charge in [0.1, 0.15) is 13.7 Å². The lowest BCUT2D eigenvalue weighted by molar-refractivity contribution is -0.146. The van der Waals surface area contributed by atoms with Crippen molar-refractivity contribution >= 4 is 46.2 Å². The number of rotatable bonds is 11. The number of ether oxygens (including phenoxy) is 2. The third kappa shape index (κ3) is 9.26. The van der Waals surface area contributed by atoms with Crippen molar-refractivity contribution in [2.24, 2.45) is 5.16 Å². The number of hydrogen-bond acceptors (Lipinski definition) is 6. The topological polar surface area (TPSA) is 74.2 Å². The Bertz CT molecular complexity index is 934. The summed E-state index contributed by atoms with van der Waals surface area (Å²) in [4.78, 5) is 27.9. The van der Waals surface area contributed by atoms with Crippen LogP contribution in [0.3, 0.4) is 0 Å². The normalized spacial score (nSPS) is 14.3. The predicted octanol–water partition coefficient (Wildman–Crippen LogP) is 4.60. The minimum Gasteiger partial charge on any atom is -0.461 e.